The van der Waals surface area contributed by atoms with E-state index in [-0.39, 0.29) is 0 Å². The summed E-state index contributed by atoms with van der Waals surface area (Å²) in [5.74, 6) is 0. The van der Waals surface area contributed by atoms with E-state index in [4.69, 9.17) is 19.7 Å². The van der Waals surface area contributed by atoms with Gasteiger partial charge in [0, 0.05) is 0 Å². The van der Waals surface area contributed by atoms with Crippen molar-refractivity contribution in [1.29, 1.82) is 0 Å². The first kappa shape index (κ1) is 20.6. The van der Waals surface area contributed by atoms with Crippen LogP contribution in [0, 0.1) is 0 Å². The Morgan fingerprint density at radius 2 is 1.39 bits per heavy atom. The van der Waals surface area contributed by atoms with Crippen LogP contribution in [0.25, 0.3) is 0 Å². The van der Waals surface area contributed by atoms with E-state index in [1.165, 1.54) is 0 Å². The maximum absolute atomic E-state index is 9.70. The molecule has 138 valence electrons. The molecular weight excluding hydrogens is 320 g/mol. The number of hydrogen-bond acceptors (Lipinski definition) is 11. The van der Waals surface area contributed by atoms with Crippen molar-refractivity contribution in [3.8, 4) is 0 Å². The van der Waals surface area contributed by atoms with Crippen molar-refractivity contribution in [1.82, 2.24) is 0 Å². The average Bonchev–Trinajstić information content (AvgIpc) is 2.56. The maximum atomic E-state index is 9.70. The fraction of sp³-hybridized carbons (Fsp3) is 1.00. The van der Waals surface area contributed by atoms with Crippen LogP contribution >= 0.6 is 0 Å². The third-order valence-corrected chi connectivity index (χ3v) is 3.61. The van der Waals surface area contributed by atoms with Crippen molar-refractivity contribution < 1.29 is 55.4 Å². The summed E-state index contributed by atoms with van der Waals surface area (Å²) in [6.07, 6.45) is -14.7. The third-order valence-electron chi connectivity index (χ3n) is 3.61. The Balaban J connectivity index is 2.55. The summed E-state index contributed by atoms with van der Waals surface area (Å²) in [5, 5.41) is 84.4. The van der Waals surface area contributed by atoms with Crippen molar-refractivity contribution in [2.45, 2.75) is 55.1 Å². The van der Waals surface area contributed by atoms with E-state index in [9.17, 15) is 35.7 Å². The Bertz CT molecular complexity index is 341. The molecule has 0 amide bonds. The topological polar surface area (TPSA) is 201 Å². The molecule has 0 spiro atoms. The molecule has 9 N–H and O–H groups in total. The Kier molecular flexibility index (Phi) is 8.20. The Labute approximate surface area is 131 Å². The standard InChI is InChI=1S/C12H24O11/c13-1-4(15)7(17)8(18)5(16)3-22-12-11(21)10(20)9(19)6(2-14)23-12/h4-21H,1-3H2/t4-,5+,6+,7+,8-,9-,10-,11+,12+/m0/s1. The van der Waals surface area contributed by atoms with Crippen LogP contribution in [-0.2, 0) is 9.47 Å². The molecule has 23 heavy (non-hydrogen) atoms. The van der Waals surface area contributed by atoms with Crippen LogP contribution in [0.2, 0.25) is 0 Å². The van der Waals surface area contributed by atoms with E-state index in [2.05, 4.69) is 0 Å². The molecule has 0 bridgehead atoms. The molecule has 1 aliphatic rings. The predicted molar refractivity (Wildman–Crippen MR) is 70.8 cm³/mol. The summed E-state index contributed by atoms with van der Waals surface area (Å²) < 4.78 is 9.99. The summed E-state index contributed by atoms with van der Waals surface area (Å²) in [6.45, 7) is -2.16. The zero-order valence-corrected chi connectivity index (χ0v) is 12.2. The SMILES string of the molecule is OC[C@H](O)[C@@H](O)[C@@H](O)[C@H](O)CO[C@@H]1O[C@H](CO)[C@H](O)[C@H](O)[C@H]1O. The largest absolute Gasteiger partial charge is 0.394 e. The Hall–Kier alpha value is -0.440. The van der Waals surface area contributed by atoms with Crippen molar-refractivity contribution in [3.05, 3.63) is 0 Å². The first-order valence-electron chi connectivity index (χ1n) is 6.99. The van der Waals surface area contributed by atoms with E-state index in [0.717, 1.165) is 0 Å². The maximum Gasteiger partial charge on any atom is 0.186 e. The smallest absolute Gasteiger partial charge is 0.186 e. The van der Waals surface area contributed by atoms with Gasteiger partial charge in [0.15, 0.2) is 6.29 Å². The minimum atomic E-state index is -1.86. The molecule has 0 saturated carbocycles. The van der Waals surface area contributed by atoms with Gasteiger partial charge in [-0.1, -0.05) is 0 Å². The van der Waals surface area contributed by atoms with Crippen LogP contribution in [0.15, 0.2) is 0 Å². The van der Waals surface area contributed by atoms with Gasteiger partial charge in [0.05, 0.1) is 19.8 Å². The summed E-state index contributed by atoms with van der Waals surface area (Å²) in [7, 11) is 0. The van der Waals surface area contributed by atoms with E-state index in [1.807, 2.05) is 0 Å². The third kappa shape index (κ3) is 5.01. The van der Waals surface area contributed by atoms with Crippen molar-refractivity contribution in [3.63, 3.8) is 0 Å². The summed E-state index contributed by atoms with van der Waals surface area (Å²) in [4.78, 5) is 0. The van der Waals surface area contributed by atoms with Gasteiger partial charge in [0.1, 0.15) is 48.8 Å². The van der Waals surface area contributed by atoms with Crippen molar-refractivity contribution in [2.24, 2.45) is 0 Å². The number of hydrogen-bond donors (Lipinski definition) is 9. The van der Waals surface area contributed by atoms with Crippen LogP contribution < -0.4 is 0 Å². The summed E-state index contributed by atoms with van der Waals surface area (Å²) in [6, 6.07) is 0. The first-order chi connectivity index (χ1) is 10.7. The second-order valence-electron chi connectivity index (χ2n) is 5.33. The monoisotopic (exact) mass is 344 g/mol. The van der Waals surface area contributed by atoms with Crippen LogP contribution in [0.3, 0.4) is 0 Å². The average molecular weight is 344 g/mol. The molecule has 0 aromatic carbocycles. The lowest BCUT2D eigenvalue weighted by Crippen LogP contribution is -2.59. The Morgan fingerprint density at radius 3 is 1.91 bits per heavy atom. The lowest BCUT2D eigenvalue weighted by Gasteiger charge is -2.40. The number of ether oxygens (including phenoxy) is 2. The van der Waals surface area contributed by atoms with Gasteiger partial charge < -0.3 is 55.4 Å². The molecule has 0 unspecified atom stereocenters. The normalized spacial score (nSPS) is 37.2. The van der Waals surface area contributed by atoms with Gasteiger partial charge in [-0.25, -0.2) is 0 Å². The van der Waals surface area contributed by atoms with Gasteiger partial charge in [-0.05, 0) is 0 Å². The van der Waals surface area contributed by atoms with Gasteiger partial charge >= 0.3 is 0 Å². The molecule has 1 heterocycles. The van der Waals surface area contributed by atoms with Crippen LogP contribution in [0.4, 0.5) is 0 Å². The second-order valence-corrected chi connectivity index (χ2v) is 5.33. The fourth-order valence-corrected chi connectivity index (χ4v) is 2.06. The fourth-order valence-electron chi connectivity index (χ4n) is 2.06. The number of rotatable bonds is 8. The van der Waals surface area contributed by atoms with Crippen molar-refractivity contribution >= 4 is 0 Å². The molecule has 1 saturated heterocycles. The van der Waals surface area contributed by atoms with Crippen LogP contribution in [0.1, 0.15) is 0 Å². The summed E-state index contributed by atoms with van der Waals surface area (Å²) >= 11 is 0. The Morgan fingerprint density at radius 1 is 0.826 bits per heavy atom. The molecule has 1 fully saturated rings. The van der Waals surface area contributed by atoms with E-state index in [0.29, 0.717) is 0 Å². The molecule has 1 rings (SSSR count). The van der Waals surface area contributed by atoms with Gasteiger partial charge in [-0.3, -0.25) is 0 Å². The zero-order valence-electron chi connectivity index (χ0n) is 12.2. The summed E-state index contributed by atoms with van der Waals surface area (Å²) in [5.41, 5.74) is 0. The number of aliphatic hydroxyl groups excluding tert-OH is 9. The van der Waals surface area contributed by atoms with Crippen LogP contribution in [-0.4, -0.2) is 121 Å². The quantitative estimate of drug-likeness (QED) is 0.203. The highest BCUT2D eigenvalue weighted by molar-refractivity contribution is 4.89. The van der Waals surface area contributed by atoms with E-state index >= 15 is 0 Å². The molecule has 11 nitrogen and oxygen atoms in total. The molecule has 9 atom stereocenters. The highest BCUT2D eigenvalue weighted by Crippen LogP contribution is 2.22. The number of aliphatic hydroxyl groups is 9. The van der Waals surface area contributed by atoms with E-state index in [1.54, 1.807) is 0 Å². The first-order valence-corrected chi connectivity index (χ1v) is 6.99. The lowest BCUT2D eigenvalue weighted by molar-refractivity contribution is -0.306. The molecule has 11 heteroatoms. The lowest BCUT2D eigenvalue weighted by atomic mass is 9.99. The van der Waals surface area contributed by atoms with Crippen LogP contribution in [0.5, 0.6) is 0 Å². The minimum absolute atomic E-state index is 0.655. The second kappa shape index (κ2) is 9.15. The molecule has 0 aliphatic carbocycles. The van der Waals surface area contributed by atoms with Gasteiger partial charge in [0.25, 0.3) is 0 Å². The van der Waals surface area contributed by atoms with Gasteiger partial charge in [0.2, 0.25) is 0 Å². The highest BCUT2D eigenvalue weighted by atomic mass is 16.7. The predicted octanol–water partition coefficient (Wildman–Crippen LogP) is -5.76. The molecule has 0 aromatic rings. The van der Waals surface area contributed by atoms with Crippen molar-refractivity contribution in [2.75, 3.05) is 19.8 Å². The molecule has 0 radical (unpaired) electrons. The molecule has 1 aliphatic heterocycles. The highest BCUT2D eigenvalue weighted by Gasteiger charge is 2.44. The van der Waals surface area contributed by atoms with Gasteiger partial charge in [-0.2, -0.15) is 0 Å². The molecular formula is C12H24O11. The minimum Gasteiger partial charge on any atom is -0.394 e. The zero-order chi connectivity index (χ0) is 17.7. The molecule has 0 aromatic heterocycles. The van der Waals surface area contributed by atoms with Gasteiger partial charge in [-0.15, -0.1) is 0 Å². The van der Waals surface area contributed by atoms with E-state index < -0.39 is 74.9 Å².